The molecule has 140 valence electrons. The van der Waals surface area contributed by atoms with E-state index in [1.54, 1.807) is 0 Å². The molecule has 0 aliphatic carbocycles. The second-order valence-electron chi connectivity index (χ2n) is 8.52. The molecule has 2 heterocycles. The van der Waals surface area contributed by atoms with Gasteiger partial charge in [-0.05, 0) is 70.8 Å². The standard InChI is InChI=1S/C20H40N4/c1-6-21-20(24-11-9-18(14-24)12-16(2)3)22-13-19-8-7-10-23(15-19)17(4)5/h16-19H,6-15H2,1-5H3,(H,21,22). The summed E-state index contributed by atoms with van der Waals surface area (Å²) in [6.45, 7) is 18.3. The van der Waals surface area contributed by atoms with Crippen molar-refractivity contribution in [1.29, 1.82) is 0 Å². The zero-order valence-electron chi connectivity index (χ0n) is 16.7. The molecule has 2 rings (SSSR count). The van der Waals surface area contributed by atoms with Crippen molar-refractivity contribution < 1.29 is 0 Å². The maximum Gasteiger partial charge on any atom is 0.193 e. The number of nitrogens with one attached hydrogen (secondary N) is 1. The van der Waals surface area contributed by atoms with Crippen LogP contribution in [-0.4, -0.2) is 61.1 Å². The third-order valence-corrected chi connectivity index (χ3v) is 5.50. The van der Waals surface area contributed by atoms with Crippen LogP contribution in [0.2, 0.25) is 0 Å². The van der Waals surface area contributed by atoms with Crippen LogP contribution >= 0.6 is 0 Å². The number of guanidine groups is 1. The summed E-state index contributed by atoms with van der Waals surface area (Å²) in [7, 11) is 0. The topological polar surface area (TPSA) is 30.9 Å². The van der Waals surface area contributed by atoms with Crippen molar-refractivity contribution in [2.45, 2.75) is 66.3 Å². The molecule has 0 amide bonds. The van der Waals surface area contributed by atoms with Crippen LogP contribution in [-0.2, 0) is 0 Å². The number of nitrogens with zero attached hydrogens (tertiary/aromatic N) is 3. The number of piperidine rings is 1. The fourth-order valence-electron chi connectivity index (χ4n) is 4.24. The molecule has 0 aromatic carbocycles. The Hall–Kier alpha value is -0.770. The first-order valence-corrected chi connectivity index (χ1v) is 10.3. The van der Waals surface area contributed by atoms with Gasteiger partial charge in [0, 0.05) is 38.8 Å². The molecule has 4 nitrogen and oxygen atoms in total. The number of hydrogen-bond donors (Lipinski definition) is 1. The highest BCUT2D eigenvalue weighted by Crippen LogP contribution is 2.24. The third-order valence-electron chi connectivity index (χ3n) is 5.50. The van der Waals surface area contributed by atoms with E-state index in [1.165, 1.54) is 51.9 Å². The van der Waals surface area contributed by atoms with Crippen LogP contribution in [0.15, 0.2) is 4.99 Å². The van der Waals surface area contributed by atoms with Crippen LogP contribution in [0.25, 0.3) is 0 Å². The SMILES string of the molecule is CCNC(=NCC1CCCN(C(C)C)C1)N1CCC(CC(C)C)C1. The van der Waals surface area contributed by atoms with Crippen molar-refractivity contribution in [3.8, 4) is 0 Å². The monoisotopic (exact) mass is 336 g/mol. The first-order valence-electron chi connectivity index (χ1n) is 10.3. The van der Waals surface area contributed by atoms with Crippen molar-refractivity contribution in [2.24, 2.45) is 22.7 Å². The van der Waals surface area contributed by atoms with Crippen LogP contribution in [0.5, 0.6) is 0 Å². The lowest BCUT2D eigenvalue weighted by Crippen LogP contribution is -2.42. The highest BCUT2D eigenvalue weighted by Gasteiger charge is 2.26. The summed E-state index contributed by atoms with van der Waals surface area (Å²) in [4.78, 5) is 10.1. The van der Waals surface area contributed by atoms with Gasteiger partial charge in [0.1, 0.15) is 0 Å². The smallest absolute Gasteiger partial charge is 0.193 e. The molecule has 2 atom stereocenters. The van der Waals surface area contributed by atoms with Crippen LogP contribution < -0.4 is 5.32 Å². The fraction of sp³-hybridized carbons (Fsp3) is 0.950. The molecular weight excluding hydrogens is 296 g/mol. The highest BCUT2D eigenvalue weighted by atomic mass is 15.3. The highest BCUT2D eigenvalue weighted by molar-refractivity contribution is 5.80. The van der Waals surface area contributed by atoms with E-state index in [9.17, 15) is 0 Å². The second-order valence-corrected chi connectivity index (χ2v) is 8.52. The van der Waals surface area contributed by atoms with Crippen molar-refractivity contribution in [3.05, 3.63) is 0 Å². The average Bonchev–Trinajstić information content (AvgIpc) is 2.99. The lowest BCUT2D eigenvalue weighted by atomic mass is 9.97. The molecule has 4 heteroatoms. The molecule has 2 aliphatic heterocycles. The summed E-state index contributed by atoms with van der Waals surface area (Å²) >= 11 is 0. The zero-order chi connectivity index (χ0) is 17.5. The van der Waals surface area contributed by atoms with E-state index < -0.39 is 0 Å². The Bertz CT molecular complexity index is 391. The van der Waals surface area contributed by atoms with Crippen LogP contribution in [0.4, 0.5) is 0 Å². The van der Waals surface area contributed by atoms with Gasteiger partial charge < -0.3 is 15.1 Å². The van der Waals surface area contributed by atoms with Gasteiger partial charge in [0.25, 0.3) is 0 Å². The molecule has 0 spiro atoms. The van der Waals surface area contributed by atoms with Crippen LogP contribution in [0.1, 0.15) is 60.3 Å². The Morgan fingerprint density at radius 3 is 2.54 bits per heavy atom. The van der Waals surface area contributed by atoms with Gasteiger partial charge in [0.05, 0.1) is 0 Å². The molecule has 1 N–H and O–H groups in total. The lowest BCUT2D eigenvalue weighted by Gasteiger charge is -2.35. The largest absolute Gasteiger partial charge is 0.357 e. The second kappa shape index (κ2) is 9.65. The number of hydrogen-bond acceptors (Lipinski definition) is 2. The predicted molar refractivity (Wildman–Crippen MR) is 105 cm³/mol. The van der Waals surface area contributed by atoms with Crippen molar-refractivity contribution in [3.63, 3.8) is 0 Å². The molecule has 2 unspecified atom stereocenters. The Labute approximate surface area is 150 Å². The summed E-state index contributed by atoms with van der Waals surface area (Å²) in [5.74, 6) is 3.54. The number of likely N-dealkylation sites (tertiary alicyclic amines) is 2. The third kappa shape index (κ3) is 5.94. The van der Waals surface area contributed by atoms with Crippen LogP contribution in [0.3, 0.4) is 0 Å². The minimum atomic E-state index is 0.667. The molecule has 0 bridgehead atoms. The molecule has 2 saturated heterocycles. The zero-order valence-corrected chi connectivity index (χ0v) is 16.7. The molecule has 24 heavy (non-hydrogen) atoms. The number of rotatable bonds is 6. The van der Waals surface area contributed by atoms with E-state index in [1.807, 2.05) is 0 Å². The average molecular weight is 337 g/mol. The minimum absolute atomic E-state index is 0.667. The Morgan fingerprint density at radius 2 is 1.88 bits per heavy atom. The number of aliphatic imine (C=N–C) groups is 1. The Morgan fingerprint density at radius 1 is 1.08 bits per heavy atom. The van der Waals surface area contributed by atoms with E-state index in [-0.39, 0.29) is 0 Å². The predicted octanol–water partition coefficient (Wildman–Crippen LogP) is 3.44. The minimum Gasteiger partial charge on any atom is -0.357 e. The van der Waals surface area contributed by atoms with E-state index in [2.05, 4.69) is 49.7 Å². The fourth-order valence-corrected chi connectivity index (χ4v) is 4.24. The Balaban J connectivity index is 1.89. The van der Waals surface area contributed by atoms with Gasteiger partial charge in [0.2, 0.25) is 0 Å². The Kier molecular flexibility index (Phi) is 7.86. The van der Waals surface area contributed by atoms with Crippen molar-refractivity contribution in [1.82, 2.24) is 15.1 Å². The summed E-state index contributed by atoms with van der Waals surface area (Å²) < 4.78 is 0. The summed E-state index contributed by atoms with van der Waals surface area (Å²) in [6, 6.07) is 0.667. The van der Waals surface area contributed by atoms with E-state index >= 15 is 0 Å². The molecule has 2 fully saturated rings. The van der Waals surface area contributed by atoms with Gasteiger partial charge in [0.15, 0.2) is 5.96 Å². The van der Waals surface area contributed by atoms with Gasteiger partial charge >= 0.3 is 0 Å². The quantitative estimate of drug-likeness (QED) is 0.595. The first-order chi connectivity index (χ1) is 11.5. The van der Waals surface area contributed by atoms with E-state index in [0.717, 1.165) is 36.8 Å². The van der Waals surface area contributed by atoms with E-state index in [0.29, 0.717) is 6.04 Å². The lowest BCUT2D eigenvalue weighted by molar-refractivity contribution is 0.143. The summed E-state index contributed by atoms with van der Waals surface area (Å²) in [6.07, 6.45) is 5.34. The normalized spacial score (nSPS) is 26.6. The van der Waals surface area contributed by atoms with Crippen molar-refractivity contribution >= 4 is 5.96 Å². The molecular formula is C20H40N4. The van der Waals surface area contributed by atoms with E-state index in [4.69, 9.17) is 4.99 Å². The molecule has 2 aliphatic rings. The van der Waals surface area contributed by atoms with Gasteiger partial charge in [-0.15, -0.1) is 0 Å². The first kappa shape index (κ1) is 19.6. The van der Waals surface area contributed by atoms with Gasteiger partial charge in [-0.3, -0.25) is 4.99 Å². The summed E-state index contributed by atoms with van der Waals surface area (Å²) in [5.41, 5.74) is 0. The molecule has 0 aromatic rings. The summed E-state index contributed by atoms with van der Waals surface area (Å²) in [5, 5.41) is 3.53. The maximum absolute atomic E-state index is 5.03. The molecule has 0 radical (unpaired) electrons. The molecule has 0 aromatic heterocycles. The van der Waals surface area contributed by atoms with Gasteiger partial charge in [-0.25, -0.2) is 0 Å². The maximum atomic E-state index is 5.03. The van der Waals surface area contributed by atoms with Gasteiger partial charge in [-0.1, -0.05) is 13.8 Å². The van der Waals surface area contributed by atoms with Gasteiger partial charge in [-0.2, -0.15) is 0 Å². The van der Waals surface area contributed by atoms with Crippen molar-refractivity contribution in [2.75, 3.05) is 39.3 Å². The molecule has 0 saturated carbocycles. The van der Waals surface area contributed by atoms with Crippen LogP contribution in [0, 0.1) is 17.8 Å².